The number of H-pyrrole nitrogens is 2. The lowest BCUT2D eigenvalue weighted by molar-refractivity contribution is 0.568. The fraction of sp³-hybridized carbons (Fsp3) is 0.0833. The molecule has 0 saturated carbocycles. The van der Waals surface area contributed by atoms with Crippen LogP contribution < -0.4 is 4.90 Å². The van der Waals surface area contributed by atoms with Crippen LogP contribution in [0.5, 0.6) is 0 Å². The van der Waals surface area contributed by atoms with Gasteiger partial charge in [-0.3, -0.25) is 15.1 Å². The summed E-state index contributed by atoms with van der Waals surface area (Å²) in [6.07, 6.45) is 12.6. The van der Waals surface area contributed by atoms with Crippen molar-refractivity contribution < 1.29 is 4.42 Å². The van der Waals surface area contributed by atoms with Crippen molar-refractivity contribution >= 4 is 27.6 Å². The highest BCUT2D eigenvalue weighted by atomic mass is 16.3. The summed E-state index contributed by atoms with van der Waals surface area (Å²) in [5, 5.41) is 9.55. The van der Waals surface area contributed by atoms with Crippen LogP contribution in [0.1, 0.15) is 0 Å². The number of aromatic amines is 2. The minimum absolute atomic E-state index is 0.660. The molecule has 0 aliphatic carbocycles. The molecule has 156 valence electrons. The molecule has 0 aliphatic rings. The Kier molecular flexibility index (Phi) is 4.04. The number of hydrogen-bond acceptors (Lipinski definition) is 6. The van der Waals surface area contributed by atoms with Crippen LogP contribution >= 0.6 is 0 Å². The Bertz CT molecular complexity index is 1560. The van der Waals surface area contributed by atoms with Crippen molar-refractivity contribution in [3.8, 4) is 33.6 Å². The van der Waals surface area contributed by atoms with E-state index in [4.69, 9.17) is 4.42 Å². The van der Waals surface area contributed by atoms with Gasteiger partial charge in [0.2, 0.25) is 0 Å². The van der Waals surface area contributed by atoms with Gasteiger partial charge in [0.25, 0.3) is 0 Å². The standard InChI is InChI=1S/C24H19N7O/c1-31(2)17-5-15(8-25-10-17)16-6-19-23(29-30-24(19)27-9-16)21-7-18-20(14-3-4-32-13-14)11-26-12-22(18)28-21/h3-13,28H,1-2H3,(H,27,29,30). The normalized spacial score (nSPS) is 11.4. The molecule has 2 N–H and O–H groups in total. The van der Waals surface area contributed by atoms with E-state index < -0.39 is 0 Å². The predicted octanol–water partition coefficient (Wildman–Crippen LogP) is 4.89. The van der Waals surface area contributed by atoms with Crippen LogP contribution in [-0.2, 0) is 0 Å². The maximum absolute atomic E-state index is 5.26. The van der Waals surface area contributed by atoms with Gasteiger partial charge < -0.3 is 14.3 Å². The van der Waals surface area contributed by atoms with E-state index in [2.05, 4.69) is 48.3 Å². The monoisotopic (exact) mass is 421 g/mol. The van der Waals surface area contributed by atoms with Crippen LogP contribution in [0, 0.1) is 0 Å². The number of furan rings is 1. The molecule has 6 aromatic heterocycles. The first-order valence-corrected chi connectivity index (χ1v) is 10.1. The topological polar surface area (TPSA) is 99.5 Å². The maximum Gasteiger partial charge on any atom is 0.181 e. The van der Waals surface area contributed by atoms with Crippen LogP contribution in [0.25, 0.3) is 55.6 Å². The molecule has 0 bridgehead atoms. The van der Waals surface area contributed by atoms with Crippen molar-refractivity contribution in [1.29, 1.82) is 0 Å². The molecule has 0 aliphatic heterocycles. The Morgan fingerprint density at radius 1 is 0.875 bits per heavy atom. The van der Waals surface area contributed by atoms with Crippen molar-refractivity contribution in [2.24, 2.45) is 0 Å². The molecule has 8 nitrogen and oxygen atoms in total. The van der Waals surface area contributed by atoms with Crippen LogP contribution in [0.15, 0.2) is 72.2 Å². The molecule has 0 fully saturated rings. The van der Waals surface area contributed by atoms with E-state index in [1.165, 1.54) is 0 Å². The Morgan fingerprint density at radius 2 is 1.75 bits per heavy atom. The first kappa shape index (κ1) is 18.3. The summed E-state index contributed by atoms with van der Waals surface area (Å²) < 4.78 is 5.26. The molecule has 0 amide bonds. The van der Waals surface area contributed by atoms with Crippen molar-refractivity contribution in [3.05, 3.63) is 67.8 Å². The van der Waals surface area contributed by atoms with Gasteiger partial charge in [-0.1, -0.05) is 0 Å². The zero-order valence-electron chi connectivity index (χ0n) is 17.5. The number of pyridine rings is 3. The fourth-order valence-electron chi connectivity index (χ4n) is 3.93. The molecule has 0 spiro atoms. The van der Waals surface area contributed by atoms with E-state index in [1.807, 2.05) is 56.0 Å². The molecule has 0 radical (unpaired) electrons. The van der Waals surface area contributed by atoms with Crippen molar-refractivity contribution in [2.75, 3.05) is 19.0 Å². The average molecular weight is 421 g/mol. The number of rotatable bonds is 4. The molecule has 0 aromatic carbocycles. The van der Waals surface area contributed by atoms with E-state index in [-0.39, 0.29) is 0 Å². The summed E-state index contributed by atoms with van der Waals surface area (Å²) in [4.78, 5) is 18.8. The second kappa shape index (κ2) is 7.05. The largest absolute Gasteiger partial charge is 0.472 e. The fourth-order valence-corrected chi connectivity index (χ4v) is 3.93. The van der Waals surface area contributed by atoms with E-state index >= 15 is 0 Å². The number of anilines is 1. The zero-order valence-corrected chi connectivity index (χ0v) is 17.5. The van der Waals surface area contributed by atoms with Crippen molar-refractivity contribution in [3.63, 3.8) is 0 Å². The van der Waals surface area contributed by atoms with Gasteiger partial charge in [-0.2, -0.15) is 5.10 Å². The van der Waals surface area contributed by atoms with Crippen molar-refractivity contribution in [1.82, 2.24) is 30.1 Å². The lowest BCUT2D eigenvalue weighted by Crippen LogP contribution is -2.08. The summed E-state index contributed by atoms with van der Waals surface area (Å²) >= 11 is 0. The molecule has 32 heavy (non-hydrogen) atoms. The number of aromatic nitrogens is 6. The molecule has 6 heterocycles. The lowest BCUT2D eigenvalue weighted by Gasteiger charge is -2.12. The Balaban J connectivity index is 1.49. The Hall–Kier alpha value is -4.46. The third-order valence-corrected chi connectivity index (χ3v) is 5.63. The minimum atomic E-state index is 0.660. The third-order valence-electron chi connectivity index (χ3n) is 5.63. The summed E-state index contributed by atoms with van der Waals surface area (Å²) in [7, 11) is 4.00. The Morgan fingerprint density at radius 3 is 2.59 bits per heavy atom. The van der Waals surface area contributed by atoms with Gasteiger partial charge in [0.15, 0.2) is 5.65 Å². The molecular weight excluding hydrogens is 402 g/mol. The number of hydrogen-bond donors (Lipinski definition) is 2. The van der Waals surface area contributed by atoms with Gasteiger partial charge in [-0.05, 0) is 24.3 Å². The van der Waals surface area contributed by atoms with Gasteiger partial charge in [-0.15, -0.1) is 0 Å². The first-order chi connectivity index (χ1) is 15.7. The quantitative estimate of drug-likeness (QED) is 0.420. The van der Waals surface area contributed by atoms with Gasteiger partial charge >= 0.3 is 0 Å². The second-order valence-corrected chi connectivity index (χ2v) is 7.86. The lowest BCUT2D eigenvalue weighted by atomic mass is 10.1. The SMILES string of the molecule is CN(C)c1cncc(-c2cnc3n[nH]c(-c4cc5c(-c6ccoc6)cncc5[nH]4)c3c2)c1. The highest BCUT2D eigenvalue weighted by molar-refractivity contribution is 6.00. The van der Waals surface area contributed by atoms with Gasteiger partial charge in [0.05, 0.1) is 47.5 Å². The third kappa shape index (κ3) is 2.92. The smallest absolute Gasteiger partial charge is 0.181 e. The predicted molar refractivity (Wildman–Crippen MR) is 124 cm³/mol. The highest BCUT2D eigenvalue weighted by Crippen LogP contribution is 2.34. The minimum Gasteiger partial charge on any atom is -0.472 e. The number of nitrogens with zero attached hydrogens (tertiary/aromatic N) is 5. The van der Waals surface area contributed by atoms with Gasteiger partial charge in [0.1, 0.15) is 0 Å². The van der Waals surface area contributed by atoms with E-state index in [0.717, 1.165) is 55.6 Å². The second-order valence-electron chi connectivity index (χ2n) is 7.86. The summed E-state index contributed by atoms with van der Waals surface area (Å²) in [6.45, 7) is 0. The molecule has 0 unspecified atom stereocenters. The molecule has 0 saturated heterocycles. The van der Waals surface area contributed by atoms with E-state index in [9.17, 15) is 0 Å². The molecule has 8 heteroatoms. The van der Waals surface area contributed by atoms with Crippen LogP contribution in [0.2, 0.25) is 0 Å². The van der Waals surface area contributed by atoms with Gasteiger partial charge in [-0.25, -0.2) is 4.98 Å². The molecule has 6 rings (SSSR count). The van der Waals surface area contributed by atoms with E-state index in [0.29, 0.717) is 5.65 Å². The van der Waals surface area contributed by atoms with Crippen LogP contribution in [0.4, 0.5) is 5.69 Å². The first-order valence-electron chi connectivity index (χ1n) is 10.1. The molecule has 6 aromatic rings. The maximum atomic E-state index is 5.26. The Labute approximate surface area is 183 Å². The number of nitrogens with one attached hydrogen (secondary N) is 2. The van der Waals surface area contributed by atoms with Crippen molar-refractivity contribution in [2.45, 2.75) is 0 Å². The average Bonchev–Trinajstić information content (AvgIpc) is 3.57. The highest BCUT2D eigenvalue weighted by Gasteiger charge is 2.15. The van der Waals surface area contributed by atoms with Gasteiger partial charge in [0, 0.05) is 65.7 Å². The molecule has 0 atom stereocenters. The molecular formula is C24H19N7O. The summed E-state index contributed by atoms with van der Waals surface area (Å²) in [6, 6.07) is 8.23. The zero-order chi connectivity index (χ0) is 21.7. The summed E-state index contributed by atoms with van der Waals surface area (Å²) in [5.74, 6) is 0. The van der Waals surface area contributed by atoms with E-state index in [1.54, 1.807) is 12.5 Å². The van der Waals surface area contributed by atoms with Crippen LogP contribution in [-0.4, -0.2) is 44.2 Å². The number of fused-ring (bicyclic) bond motifs is 2. The summed E-state index contributed by atoms with van der Waals surface area (Å²) in [5.41, 5.74) is 8.40. The van der Waals surface area contributed by atoms with Crippen LogP contribution in [0.3, 0.4) is 0 Å².